The zero-order valence-corrected chi connectivity index (χ0v) is 13.3. The molecule has 1 aliphatic heterocycles. The molecule has 1 amide bonds. The van der Waals surface area contributed by atoms with Crippen LogP contribution in [0.5, 0.6) is 0 Å². The summed E-state index contributed by atoms with van der Waals surface area (Å²) in [4.78, 5) is 24.3. The minimum atomic E-state index is -4.49. The van der Waals surface area contributed by atoms with Gasteiger partial charge in [-0.2, -0.15) is 13.2 Å². The van der Waals surface area contributed by atoms with Crippen molar-refractivity contribution >= 4 is 29.3 Å². The van der Waals surface area contributed by atoms with Crippen LogP contribution in [0.15, 0.2) is 39.9 Å². The third kappa shape index (κ3) is 4.13. The van der Waals surface area contributed by atoms with Crippen molar-refractivity contribution in [2.24, 2.45) is 0 Å². The average molecular weight is 372 g/mol. The maximum Gasteiger partial charge on any atom is 0.416 e. The van der Waals surface area contributed by atoms with Crippen molar-refractivity contribution in [2.45, 2.75) is 29.3 Å². The lowest BCUT2D eigenvalue weighted by Crippen LogP contribution is -2.31. The summed E-state index contributed by atoms with van der Waals surface area (Å²) < 4.78 is 47.9. The van der Waals surface area contributed by atoms with Gasteiger partial charge in [0.2, 0.25) is 5.91 Å². The topological polar surface area (TPSA) is 81.4 Å². The van der Waals surface area contributed by atoms with Gasteiger partial charge >= 0.3 is 12.1 Å². The number of carbonyl (C=O) groups excluding carboxylic acids is 2. The van der Waals surface area contributed by atoms with Gasteiger partial charge in [-0.25, -0.2) is 0 Å². The van der Waals surface area contributed by atoms with Gasteiger partial charge in [0.05, 0.1) is 29.1 Å². The predicted octanol–water partition coefficient (Wildman–Crippen LogP) is 3.24. The van der Waals surface area contributed by atoms with Crippen molar-refractivity contribution in [1.82, 2.24) is 5.16 Å². The molecule has 1 aliphatic rings. The van der Waals surface area contributed by atoms with E-state index < -0.39 is 28.9 Å². The van der Waals surface area contributed by atoms with E-state index in [1.807, 2.05) is 0 Å². The summed E-state index contributed by atoms with van der Waals surface area (Å²) in [5, 5.41) is 5.08. The molecule has 0 bridgehead atoms. The minimum Gasteiger partial charge on any atom is -0.457 e. The van der Waals surface area contributed by atoms with Crippen molar-refractivity contribution < 1.29 is 32.0 Å². The highest BCUT2D eigenvalue weighted by molar-refractivity contribution is 8.01. The van der Waals surface area contributed by atoms with E-state index in [0.29, 0.717) is 10.7 Å². The Labute approximate surface area is 143 Å². The van der Waals surface area contributed by atoms with Crippen LogP contribution in [-0.2, 0) is 27.1 Å². The van der Waals surface area contributed by atoms with Gasteiger partial charge in [0.15, 0.2) is 12.4 Å². The molecule has 25 heavy (non-hydrogen) atoms. The van der Waals surface area contributed by atoms with Crippen molar-refractivity contribution in [3.05, 3.63) is 41.8 Å². The maximum absolute atomic E-state index is 12.7. The van der Waals surface area contributed by atoms with Crippen molar-refractivity contribution in [2.75, 3.05) is 5.32 Å². The number of hydrogen-bond donors (Lipinski definition) is 1. The lowest BCUT2D eigenvalue weighted by molar-refractivity contribution is -0.146. The van der Waals surface area contributed by atoms with E-state index in [1.54, 1.807) is 0 Å². The summed E-state index contributed by atoms with van der Waals surface area (Å²) in [6.45, 7) is -0.108. The fourth-order valence-corrected chi connectivity index (χ4v) is 3.22. The van der Waals surface area contributed by atoms with E-state index in [1.165, 1.54) is 18.3 Å². The van der Waals surface area contributed by atoms with Gasteiger partial charge in [-0.05, 0) is 18.2 Å². The molecular formula is C15H11F3N2O4S. The van der Waals surface area contributed by atoms with Crippen LogP contribution in [0, 0.1) is 0 Å². The highest BCUT2D eigenvalue weighted by Crippen LogP contribution is 2.40. The van der Waals surface area contributed by atoms with E-state index >= 15 is 0 Å². The fourth-order valence-electron chi connectivity index (χ4n) is 2.14. The van der Waals surface area contributed by atoms with E-state index in [9.17, 15) is 22.8 Å². The number of nitrogens with zero attached hydrogens (tertiary/aromatic N) is 1. The van der Waals surface area contributed by atoms with Crippen LogP contribution in [-0.4, -0.2) is 22.3 Å². The van der Waals surface area contributed by atoms with E-state index in [0.717, 1.165) is 23.9 Å². The zero-order valence-electron chi connectivity index (χ0n) is 12.5. The molecule has 0 spiro atoms. The minimum absolute atomic E-state index is 0.0797. The third-order valence-corrected chi connectivity index (χ3v) is 4.62. The number of esters is 1. The third-order valence-electron chi connectivity index (χ3n) is 3.35. The molecule has 0 aliphatic carbocycles. The Bertz CT molecular complexity index is 793. The second-order valence-electron chi connectivity index (χ2n) is 5.15. The van der Waals surface area contributed by atoms with Gasteiger partial charge in [-0.3, -0.25) is 9.59 Å². The fraction of sp³-hybridized carbons (Fsp3) is 0.267. The molecule has 10 heteroatoms. The molecule has 2 aromatic rings. The number of hydrogen-bond acceptors (Lipinski definition) is 6. The summed E-state index contributed by atoms with van der Waals surface area (Å²) in [6.07, 6.45) is -3.31. The van der Waals surface area contributed by atoms with E-state index in [4.69, 9.17) is 9.26 Å². The highest BCUT2D eigenvalue weighted by atomic mass is 32.2. The predicted molar refractivity (Wildman–Crippen MR) is 80.6 cm³/mol. The van der Waals surface area contributed by atoms with Crippen molar-refractivity contribution in [3.8, 4) is 0 Å². The number of nitrogens with one attached hydrogen (secondary N) is 1. The second kappa shape index (κ2) is 6.79. The van der Waals surface area contributed by atoms with E-state index in [-0.39, 0.29) is 18.7 Å². The molecule has 1 aromatic carbocycles. The number of thioether (sulfide) groups is 1. The summed E-state index contributed by atoms with van der Waals surface area (Å²) in [6, 6.07) is 4.61. The molecule has 1 unspecified atom stereocenters. The van der Waals surface area contributed by atoms with Crippen LogP contribution in [0.1, 0.15) is 17.7 Å². The Morgan fingerprint density at radius 3 is 2.84 bits per heavy atom. The Balaban J connectivity index is 1.63. The Kier molecular flexibility index (Phi) is 4.71. The van der Waals surface area contributed by atoms with Gasteiger partial charge in [0.1, 0.15) is 0 Å². The number of alkyl halides is 3. The second-order valence-corrected chi connectivity index (χ2v) is 6.39. The van der Waals surface area contributed by atoms with Crippen molar-refractivity contribution in [3.63, 3.8) is 0 Å². The van der Waals surface area contributed by atoms with Crippen LogP contribution in [0.4, 0.5) is 18.9 Å². The van der Waals surface area contributed by atoms with Crippen LogP contribution < -0.4 is 5.32 Å². The molecule has 132 valence electrons. The molecule has 1 aromatic heterocycles. The molecule has 1 N–H and O–H groups in total. The first-order chi connectivity index (χ1) is 11.8. The molecule has 0 fully saturated rings. The Hall–Kier alpha value is -2.49. The summed E-state index contributed by atoms with van der Waals surface area (Å²) >= 11 is 1.02. The first-order valence-electron chi connectivity index (χ1n) is 7.07. The lowest BCUT2D eigenvalue weighted by Gasteiger charge is -2.24. The number of carbonyl (C=O) groups is 2. The molecule has 1 atom stereocenters. The maximum atomic E-state index is 12.7. The van der Waals surface area contributed by atoms with Gasteiger partial charge in [-0.15, -0.1) is 11.8 Å². The van der Waals surface area contributed by atoms with Gasteiger partial charge in [0, 0.05) is 11.0 Å². The normalized spacial score (nSPS) is 16.9. The smallest absolute Gasteiger partial charge is 0.416 e. The Morgan fingerprint density at radius 2 is 2.16 bits per heavy atom. The number of benzene rings is 1. The molecule has 0 saturated heterocycles. The standard InChI is InChI=1S/C15H11F3N2O4S/c16-15(17,18)8-1-2-11-10(5-8)20-14(22)12(25-11)6-13(21)23-7-9-3-4-19-24-9/h1-5,12H,6-7H2,(H,20,22). The van der Waals surface area contributed by atoms with Crippen LogP contribution in [0.25, 0.3) is 0 Å². The largest absolute Gasteiger partial charge is 0.457 e. The molecular weight excluding hydrogens is 361 g/mol. The van der Waals surface area contributed by atoms with Crippen LogP contribution in [0.2, 0.25) is 0 Å². The number of amides is 1. The van der Waals surface area contributed by atoms with Crippen molar-refractivity contribution in [1.29, 1.82) is 0 Å². The number of fused-ring (bicyclic) bond motifs is 1. The van der Waals surface area contributed by atoms with Crippen LogP contribution >= 0.6 is 11.8 Å². The van der Waals surface area contributed by atoms with Gasteiger partial charge in [-0.1, -0.05) is 5.16 Å². The molecule has 2 heterocycles. The van der Waals surface area contributed by atoms with Gasteiger partial charge in [0.25, 0.3) is 0 Å². The quantitative estimate of drug-likeness (QED) is 0.830. The average Bonchev–Trinajstić information content (AvgIpc) is 3.06. The number of halogens is 3. The lowest BCUT2D eigenvalue weighted by atomic mass is 10.1. The monoisotopic (exact) mass is 372 g/mol. The van der Waals surface area contributed by atoms with Crippen LogP contribution in [0.3, 0.4) is 0 Å². The highest BCUT2D eigenvalue weighted by Gasteiger charge is 2.34. The molecule has 6 nitrogen and oxygen atoms in total. The number of anilines is 1. The SMILES string of the molecule is O=C(CC1Sc2ccc(C(F)(F)F)cc2NC1=O)OCc1ccno1. The van der Waals surface area contributed by atoms with Gasteiger partial charge < -0.3 is 14.6 Å². The molecule has 3 rings (SSSR count). The number of ether oxygens (including phenoxy) is 1. The summed E-state index contributed by atoms with van der Waals surface area (Å²) in [5.41, 5.74) is -0.770. The summed E-state index contributed by atoms with van der Waals surface area (Å²) in [7, 11) is 0. The first kappa shape index (κ1) is 17.3. The Morgan fingerprint density at radius 1 is 1.36 bits per heavy atom. The molecule has 0 saturated carbocycles. The summed E-state index contributed by atoms with van der Waals surface area (Å²) in [5.74, 6) is -0.813. The zero-order chi connectivity index (χ0) is 18.0. The number of rotatable bonds is 4. The first-order valence-corrected chi connectivity index (χ1v) is 7.95. The molecule has 0 radical (unpaired) electrons. The number of aromatic nitrogens is 1. The van der Waals surface area contributed by atoms with E-state index in [2.05, 4.69) is 10.5 Å².